The third-order valence-electron chi connectivity index (χ3n) is 4.86. The molecule has 2 aromatic heterocycles. The van der Waals surface area contributed by atoms with E-state index in [4.69, 9.17) is 4.74 Å². The van der Waals surface area contributed by atoms with Gasteiger partial charge in [0.1, 0.15) is 5.75 Å². The summed E-state index contributed by atoms with van der Waals surface area (Å²) in [5.41, 5.74) is 3.61. The van der Waals surface area contributed by atoms with Crippen molar-refractivity contribution in [1.29, 1.82) is 0 Å². The molecule has 0 atom stereocenters. The topological polar surface area (TPSA) is 61.4 Å². The Hall–Kier alpha value is -2.11. The maximum Gasteiger partial charge on any atom is 0.124 e. The van der Waals surface area contributed by atoms with Gasteiger partial charge in [0, 0.05) is 36.5 Å². The van der Waals surface area contributed by atoms with Gasteiger partial charge in [-0.25, -0.2) is 0 Å². The zero-order valence-corrected chi connectivity index (χ0v) is 17.1. The number of nitrogens with zero attached hydrogens (tertiary/aromatic N) is 2. The highest BCUT2D eigenvalue weighted by atomic mass is 16.5. The van der Waals surface area contributed by atoms with Crippen molar-refractivity contribution in [2.24, 2.45) is 0 Å². The summed E-state index contributed by atoms with van der Waals surface area (Å²) in [6.07, 6.45) is 4.26. The number of aliphatic hydroxyl groups is 1. The Balaban J connectivity index is 0.00000280. The van der Waals surface area contributed by atoms with Crippen LogP contribution in [0.2, 0.25) is 0 Å². The van der Waals surface area contributed by atoms with E-state index in [0.29, 0.717) is 13.0 Å². The Labute approximate surface area is 162 Å². The number of pyridine rings is 1. The minimum Gasteiger partial charge on any atom is -0.493 e. The third kappa shape index (κ3) is 4.79. The molecule has 5 heteroatoms. The molecule has 0 amide bonds. The highest BCUT2D eigenvalue weighted by Gasteiger charge is 2.17. The first-order valence-electron chi connectivity index (χ1n) is 9.64. The zero-order chi connectivity index (χ0) is 19.6. The minimum absolute atomic E-state index is 0. The molecule has 3 aromatic rings. The Bertz CT molecular complexity index is 929. The smallest absolute Gasteiger partial charge is 0.124 e. The standard InChI is InChI=1S/C22H31N3O2.H2/c1-15-13-16-19(14-20(15)27-12-6-11-25(4)5)24-18-8-10-23-17(21(16)18)7-9-22(2,3)26;/h8,10,13-14,24,26H,6-7,9,11-12H2,1-5H3;1H. The Kier molecular flexibility index (Phi) is 5.72. The predicted molar refractivity (Wildman–Crippen MR) is 114 cm³/mol. The van der Waals surface area contributed by atoms with Crippen molar-refractivity contribution in [2.75, 3.05) is 27.2 Å². The van der Waals surface area contributed by atoms with Crippen LogP contribution < -0.4 is 4.74 Å². The van der Waals surface area contributed by atoms with E-state index in [1.165, 1.54) is 5.39 Å². The molecule has 5 nitrogen and oxygen atoms in total. The molecule has 0 aliphatic heterocycles. The van der Waals surface area contributed by atoms with Crippen LogP contribution in [0.5, 0.6) is 5.75 Å². The number of nitrogens with one attached hydrogen (secondary N) is 1. The molecule has 0 bridgehead atoms. The lowest BCUT2D eigenvalue weighted by molar-refractivity contribution is 0.0712. The van der Waals surface area contributed by atoms with E-state index in [9.17, 15) is 5.11 Å². The first-order chi connectivity index (χ1) is 12.7. The molecule has 0 spiro atoms. The van der Waals surface area contributed by atoms with Crippen LogP contribution in [-0.2, 0) is 6.42 Å². The molecule has 0 unspecified atom stereocenters. The number of aromatic nitrogens is 2. The molecular weight excluding hydrogens is 338 g/mol. The Morgan fingerprint density at radius 1 is 1.26 bits per heavy atom. The first-order valence-corrected chi connectivity index (χ1v) is 9.64. The molecule has 0 radical (unpaired) electrons. The number of aryl methyl sites for hydroxylation is 2. The summed E-state index contributed by atoms with van der Waals surface area (Å²) in [7, 11) is 4.15. The molecule has 0 saturated heterocycles. The van der Waals surface area contributed by atoms with Crippen molar-refractivity contribution in [2.45, 2.75) is 45.6 Å². The molecule has 0 fully saturated rings. The molecule has 1 aromatic carbocycles. The fourth-order valence-corrected chi connectivity index (χ4v) is 3.39. The maximum absolute atomic E-state index is 10.1. The van der Waals surface area contributed by atoms with Gasteiger partial charge in [-0.3, -0.25) is 4.98 Å². The monoisotopic (exact) mass is 371 g/mol. The number of fused-ring (bicyclic) bond motifs is 3. The lowest BCUT2D eigenvalue weighted by atomic mass is 9.99. The molecule has 27 heavy (non-hydrogen) atoms. The second-order valence-corrected chi connectivity index (χ2v) is 8.29. The van der Waals surface area contributed by atoms with E-state index in [-0.39, 0.29) is 1.43 Å². The normalized spacial score (nSPS) is 12.4. The average molecular weight is 372 g/mol. The minimum atomic E-state index is -0.695. The van der Waals surface area contributed by atoms with Crippen LogP contribution in [0, 0.1) is 6.92 Å². The number of ether oxygens (including phenoxy) is 1. The van der Waals surface area contributed by atoms with Gasteiger partial charge < -0.3 is 19.7 Å². The van der Waals surface area contributed by atoms with E-state index in [0.717, 1.165) is 52.8 Å². The molecule has 2 N–H and O–H groups in total. The molecule has 148 valence electrons. The van der Waals surface area contributed by atoms with Gasteiger partial charge in [-0.15, -0.1) is 0 Å². The van der Waals surface area contributed by atoms with Crippen LogP contribution >= 0.6 is 0 Å². The Morgan fingerprint density at radius 3 is 2.74 bits per heavy atom. The van der Waals surface area contributed by atoms with E-state index < -0.39 is 5.60 Å². The van der Waals surface area contributed by atoms with Crippen LogP contribution in [0.15, 0.2) is 24.4 Å². The number of H-pyrrole nitrogens is 1. The summed E-state index contributed by atoms with van der Waals surface area (Å²) < 4.78 is 6.02. The maximum atomic E-state index is 10.1. The van der Waals surface area contributed by atoms with Gasteiger partial charge in [0.2, 0.25) is 0 Å². The van der Waals surface area contributed by atoms with Gasteiger partial charge in [-0.1, -0.05) is 0 Å². The SMILES string of the molecule is Cc1cc2c(cc1OCCCN(C)C)[nH]c1ccnc(CCC(C)(C)O)c12.[HH]. The number of aromatic amines is 1. The van der Waals surface area contributed by atoms with Crippen LogP contribution in [0.25, 0.3) is 21.8 Å². The van der Waals surface area contributed by atoms with E-state index in [1.54, 1.807) is 0 Å². The fraction of sp³-hybridized carbons (Fsp3) is 0.500. The summed E-state index contributed by atoms with van der Waals surface area (Å²) in [6, 6.07) is 6.29. The second kappa shape index (κ2) is 7.87. The summed E-state index contributed by atoms with van der Waals surface area (Å²) in [5, 5.41) is 12.4. The van der Waals surface area contributed by atoms with Crippen LogP contribution in [0.4, 0.5) is 0 Å². The van der Waals surface area contributed by atoms with Gasteiger partial charge in [0.05, 0.1) is 23.4 Å². The fourth-order valence-electron chi connectivity index (χ4n) is 3.39. The molecule has 0 aliphatic carbocycles. The molecule has 2 heterocycles. The van der Waals surface area contributed by atoms with Crippen molar-refractivity contribution in [3.05, 3.63) is 35.7 Å². The number of rotatable bonds is 8. The van der Waals surface area contributed by atoms with Crippen LogP contribution in [-0.4, -0.2) is 52.8 Å². The lowest BCUT2D eigenvalue weighted by Crippen LogP contribution is -2.19. The zero-order valence-electron chi connectivity index (χ0n) is 17.1. The van der Waals surface area contributed by atoms with Gasteiger partial charge >= 0.3 is 0 Å². The van der Waals surface area contributed by atoms with Gasteiger partial charge in [0.15, 0.2) is 0 Å². The van der Waals surface area contributed by atoms with E-state index in [1.807, 2.05) is 26.1 Å². The predicted octanol–water partition coefficient (Wildman–Crippen LogP) is 4.30. The average Bonchev–Trinajstić information content (AvgIpc) is 2.94. The largest absolute Gasteiger partial charge is 0.493 e. The van der Waals surface area contributed by atoms with Gasteiger partial charge in [-0.2, -0.15) is 0 Å². The summed E-state index contributed by atoms with van der Waals surface area (Å²) in [6.45, 7) is 7.50. The highest BCUT2D eigenvalue weighted by Crippen LogP contribution is 2.33. The van der Waals surface area contributed by atoms with E-state index in [2.05, 4.69) is 48.0 Å². The van der Waals surface area contributed by atoms with Crippen molar-refractivity contribution in [3.8, 4) is 5.75 Å². The summed E-state index contributed by atoms with van der Waals surface area (Å²) in [5.74, 6) is 0.929. The first kappa shape index (κ1) is 19.6. The van der Waals surface area contributed by atoms with Crippen LogP contribution in [0.1, 0.15) is 39.4 Å². The third-order valence-corrected chi connectivity index (χ3v) is 4.86. The van der Waals surface area contributed by atoms with Gasteiger partial charge in [0.25, 0.3) is 0 Å². The number of hydrogen-bond donors (Lipinski definition) is 2. The quantitative estimate of drug-likeness (QED) is 0.580. The molecule has 0 saturated carbocycles. The van der Waals surface area contributed by atoms with Crippen molar-refractivity contribution < 1.29 is 11.3 Å². The van der Waals surface area contributed by atoms with Crippen LogP contribution in [0.3, 0.4) is 0 Å². The van der Waals surface area contributed by atoms with Crippen molar-refractivity contribution >= 4 is 21.8 Å². The lowest BCUT2D eigenvalue weighted by Gasteiger charge is -2.16. The van der Waals surface area contributed by atoms with Crippen molar-refractivity contribution in [1.82, 2.24) is 14.9 Å². The number of benzene rings is 1. The van der Waals surface area contributed by atoms with Gasteiger partial charge in [-0.05, 0) is 71.8 Å². The summed E-state index contributed by atoms with van der Waals surface area (Å²) >= 11 is 0. The molecule has 0 aliphatic rings. The summed E-state index contributed by atoms with van der Waals surface area (Å²) in [4.78, 5) is 10.3. The Morgan fingerprint density at radius 2 is 2.04 bits per heavy atom. The second-order valence-electron chi connectivity index (χ2n) is 8.29. The highest BCUT2D eigenvalue weighted by molar-refractivity contribution is 6.09. The molecule has 3 rings (SSSR count). The van der Waals surface area contributed by atoms with E-state index >= 15 is 0 Å². The molecular formula is C22H33N3O2. The van der Waals surface area contributed by atoms with Crippen molar-refractivity contribution in [3.63, 3.8) is 0 Å². The number of hydrogen-bond acceptors (Lipinski definition) is 4.